The molecule has 6 heteroatoms. The SMILES string of the molecule is Cc1ccc(N=Nc2c(N)ccc3n[nH][nH+]c23)cc1. The van der Waals surface area contributed by atoms with Crippen molar-refractivity contribution in [3.63, 3.8) is 0 Å². The molecule has 0 bridgehead atoms. The third kappa shape index (κ3) is 2.15. The highest BCUT2D eigenvalue weighted by atomic mass is 15.3. The molecule has 4 N–H and O–H groups in total. The van der Waals surface area contributed by atoms with Crippen LogP contribution in [0.1, 0.15) is 5.56 Å². The first-order valence-corrected chi connectivity index (χ1v) is 5.87. The molecule has 0 saturated carbocycles. The number of rotatable bonds is 2. The van der Waals surface area contributed by atoms with Gasteiger partial charge in [0.2, 0.25) is 5.52 Å². The number of aryl methyl sites for hydroxylation is 1. The summed E-state index contributed by atoms with van der Waals surface area (Å²) in [7, 11) is 0. The second-order valence-corrected chi connectivity index (χ2v) is 4.28. The number of nitrogens with two attached hydrogens (primary N) is 1. The van der Waals surface area contributed by atoms with E-state index in [2.05, 4.69) is 25.6 Å². The quantitative estimate of drug-likeness (QED) is 0.542. The van der Waals surface area contributed by atoms with Crippen LogP contribution in [-0.4, -0.2) is 10.3 Å². The zero-order chi connectivity index (χ0) is 13.2. The molecule has 0 fully saturated rings. The number of hydrogen-bond acceptors (Lipinski definition) is 4. The van der Waals surface area contributed by atoms with Crippen LogP contribution < -0.4 is 10.8 Å². The fourth-order valence-electron chi connectivity index (χ4n) is 1.78. The molecule has 0 saturated heterocycles. The topological polar surface area (TPSA) is 93.6 Å². The zero-order valence-corrected chi connectivity index (χ0v) is 10.4. The maximum Gasteiger partial charge on any atom is 0.251 e. The third-order valence-corrected chi connectivity index (χ3v) is 2.84. The Hall–Kier alpha value is -2.76. The highest BCUT2D eigenvalue weighted by Crippen LogP contribution is 2.29. The minimum atomic E-state index is 0.556. The highest BCUT2D eigenvalue weighted by Gasteiger charge is 2.13. The van der Waals surface area contributed by atoms with Crippen LogP contribution in [0, 0.1) is 6.92 Å². The lowest BCUT2D eigenvalue weighted by atomic mass is 10.2. The van der Waals surface area contributed by atoms with Crippen LogP contribution in [0.2, 0.25) is 0 Å². The Bertz CT molecular complexity index is 741. The maximum atomic E-state index is 5.92. The van der Waals surface area contributed by atoms with Crippen molar-refractivity contribution in [2.24, 2.45) is 10.2 Å². The van der Waals surface area contributed by atoms with Crippen LogP contribution in [0.5, 0.6) is 0 Å². The number of nitrogen functional groups attached to an aromatic ring is 1. The van der Waals surface area contributed by atoms with Crippen LogP contribution in [-0.2, 0) is 0 Å². The van der Waals surface area contributed by atoms with Gasteiger partial charge in [0.05, 0.1) is 11.4 Å². The Morgan fingerprint density at radius 1 is 1.11 bits per heavy atom. The lowest BCUT2D eigenvalue weighted by molar-refractivity contribution is -0.426. The van der Waals surface area contributed by atoms with E-state index in [0.717, 1.165) is 16.7 Å². The fourth-order valence-corrected chi connectivity index (χ4v) is 1.78. The molecule has 0 aliphatic rings. The van der Waals surface area contributed by atoms with E-state index in [0.29, 0.717) is 11.4 Å². The van der Waals surface area contributed by atoms with Crippen molar-refractivity contribution in [2.75, 3.05) is 5.73 Å². The smallest absolute Gasteiger partial charge is 0.251 e. The highest BCUT2D eigenvalue weighted by molar-refractivity contribution is 5.89. The molecule has 0 radical (unpaired) electrons. The lowest BCUT2D eigenvalue weighted by Crippen LogP contribution is -2.02. The van der Waals surface area contributed by atoms with Gasteiger partial charge in [0.1, 0.15) is 0 Å². The molecule has 1 heterocycles. The van der Waals surface area contributed by atoms with E-state index in [1.165, 1.54) is 5.56 Å². The van der Waals surface area contributed by atoms with Crippen LogP contribution in [0.25, 0.3) is 11.0 Å². The molecule has 0 aliphatic carbocycles. The predicted molar refractivity (Wildman–Crippen MR) is 72.4 cm³/mol. The number of nitrogens with one attached hydrogen (secondary N) is 2. The summed E-state index contributed by atoms with van der Waals surface area (Å²) in [5.41, 5.74) is 10.5. The molecule has 6 nitrogen and oxygen atoms in total. The van der Waals surface area contributed by atoms with E-state index in [1.54, 1.807) is 6.07 Å². The maximum absolute atomic E-state index is 5.92. The number of hydrogen-bond donors (Lipinski definition) is 2. The van der Waals surface area contributed by atoms with Crippen molar-refractivity contribution in [3.05, 3.63) is 42.0 Å². The van der Waals surface area contributed by atoms with E-state index < -0.39 is 0 Å². The summed E-state index contributed by atoms with van der Waals surface area (Å²) in [4.78, 5) is 0. The minimum Gasteiger partial charge on any atom is -0.397 e. The van der Waals surface area contributed by atoms with Gasteiger partial charge in [-0.25, -0.2) is 0 Å². The molecule has 3 aromatic rings. The Morgan fingerprint density at radius 3 is 2.68 bits per heavy atom. The summed E-state index contributed by atoms with van der Waals surface area (Å²) in [5, 5.41) is 18.0. The number of H-pyrrole nitrogens is 2. The summed E-state index contributed by atoms with van der Waals surface area (Å²) < 4.78 is 0. The monoisotopic (exact) mass is 253 g/mol. The number of azo groups is 1. The Labute approximate surface area is 109 Å². The molecule has 19 heavy (non-hydrogen) atoms. The molecule has 0 aliphatic heterocycles. The van der Waals surface area contributed by atoms with Crippen LogP contribution in [0.3, 0.4) is 0 Å². The van der Waals surface area contributed by atoms with Gasteiger partial charge in [-0.05, 0) is 31.2 Å². The van der Waals surface area contributed by atoms with Gasteiger partial charge in [0.25, 0.3) is 5.52 Å². The summed E-state index contributed by atoms with van der Waals surface area (Å²) in [5.74, 6) is 0. The van der Waals surface area contributed by atoms with Gasteiger partial charge in [-0.1, -0.05) is 22.9 Å². The van der Waals surface area contributed by atoms with Gasteiger partial charge in [-0.3, -0.25) is 0 Å². The van der Waals surface area contributed by atoms with Crippen LogP contribution >= 0.6 is 0 Å². The number of aromatic nitrogens is 3. The first kappa shape index (κ1) is 11.3. The van der Waals surface area contributed by atoms with Crippen LogP contribution in [0.15, 0.2) is 46.6 Å². The number of anilines is 1. The molecule has 3 rings (SSSR count). The lowest BCUT2D eigenvalue weighted by Gasteiger charge is -1.97. The summed E-state index contributed by atoms with van der Waals surface area (Å²) in [6.45, 7) is 2.03. The molecule has 0 spiro atoms. The zero-order valence-electron chi connectivity index (χ0n) is 10.4. The van der Waals surface area contributed by atoms with Crippen molar-refractivity contribution in [1.82, 2.24) is 10.3 Å². The van der Waals surface area contributed by atoms with Gasteiger partial charge < -0.3 is 5.73 Å². The number of benzene rings is 2. The molecule has 1 aromatic heterocycles. The van der Waals surface area contributed by atoms with Crippen LogP contribution in [0.4, 0.5) is 17.1 Å². The Kier molecular flexibility index (Phi) is 2.68. The van der Waals surface area contributed by atoms with Gasteiger partial charge in [0, 0.05) is 5.10 Å². The number of fused-ring (bicyclic) bond motifs is 1. The van der Waals surface area contributed by atoms with Crippen molar-refractivity contribution >= 4 is 28.1 Å². The summed E-state index contributed by atoms with van der Waals surface area (Å²) in [6, 6.07) is 11.4. The third-order valence-electron chi connectivity index (χ3n) is 2.84. The number of aromatic amines is 2. The molecular weight excluding hydrogens is 240 g/mol. The van der Waals surface area contributed by atoms with Crippen molar-refractivity contribution in [1.29, 1.82) is 0 Å². The first-order chi connectivity index (χ1) is 9.24. The van der Waals surface area contributed by atoms with Gasteiger partial charge in [0.15, 0.2) is 5.69 Å². The minimum absolute atomic E-state index is 0.556. The van der Waals surface area contributed by atoms with Crippen molar-refractivity contribution in [2.45, 2.75) is 6.92 Å². The van der Waals surface area contributed by atoms with Crippen molar-refractivity contribution < 1.29 is 5.10 Å². The second-order valence-electron chi connectivity index (χ2n) is 4.28. The normalized spacial score (nSPS) is 11.4. The van der Waals surface area contributed by atoms with E-state index in [1.807, 2.05) is 37.3 Å². The molecule has 0 unspecified atom stereocenters. The Balaban J connectivity index is 2.03. The standard InChI is InChI=1S/C13H12N6/c1-8-2-4-9(5-3-8)15-17-12-10(14)6-7-11-13(12)18-19-16-11/h2-7H,14H2,1H3,(H,16,18,19)/p+1. The molecular formula is C13H13N6+. The van der Waals surface area contributed by atoms with Gasteiger partial charge >= 0.3 is 0 Å². The molecule has 0 amide bonds. The fraction of sp³-hybridized carbons (Fsp3) is 0.0769. The molecule has 0 atom stereocenters. The van der Waals surface area contributed by atoms with E-state index in [-0.39, 0.29) is 0 Å². The summed E-state index contributed by atoms with van der Waals surface area (Å²) >= 11 is 0. The second kappa shape index (κ2) is 4.49. The van der Waals surface area contributed by atoms with E-state index in [9.17, 15) is 0 Å². The Morgan fingerprint density at radius 2 is 1.89 bits per heavy atom. The average molecular weight is 253 g/mol. The predicted octanol–water partition coefficient (Wildman–Crippen LogP) is 2.68. The molecule has 2 aromatic carbocycles. The first-order valence-electron chi connectivity index (χ1n) is 5.87. The largest absolute Gasteiger partial charge is 0.397 e. The van der Waals surface area contributed by atoms with Gasteiger partial charge in [-0.2, -0.15) is 10.2 Å². The van der Waals surface area contributed by atoms with E-state index >= 15 is 0 Å². The average Bonchev–Trinajstić information content (AvgIpc) is 2.88. The van der Waals surface area contributed by atoms with E-state index in [4.69, 9.17) is 5.73 Å². The van der Waals surface area contributed by atoms with Crippen molar-refractivity contribution in [3.8, 4) is 0 Å². The number of nitrogens with zero attached hydrogens (tertiary/aromatic N) is 3. The van der Waals surface area contributed by atoms with Gasteiger partial charge in [-0.15, -0.1) is 5.11 Å². The summed E-state index contributed by atoms with van der Waals surface area (Å²) in [6.07, 6.45) is 0. The molecule has 94 valence electrons.